The largest absolute Gasteiger partial charge is 0.493 e. The van der Waals surface area contributed by atoms with Crippen molar-refractivity contribution in [3.8, 4) is 11.5 Å². The van der Waals surface area contributed by atoms with Gasteiger partial charge < -0.3 is 19.3 Å². The minimum absolute atomic E-state index is 0.0899. The predicted octanol–water partition coefficient (Wildman–Crippen LogP) is 3.26. The molecule has 26 heavy (non-hydrogen) atoms. The predicted molar refractivity (Wildman–Crippen MR) is 94.2 cm³/mol. The molecule has 0 spiro atoms. The lowest BCUT2D eigenvalue weighted by molar-refractivity contribution is -0.0512. The number of piperazine rings is 1. The highest BCUT2D eigenvalue weighted by Gasteiger charge is 2.23. The molecule has 1 fully saturated rings. The molecule has 0 saturated carbocycles. The number of anilines is 1. The molecule has 0 bridgehead atoms. The van der Waals surface area contributed by atoms with Gasteiger partial charge in [-0.15, -0.1) is 0 Å². The van der Waals surface area contributed by atoms with Crippen LogP contribution in [0.5, 0.6) is 11.5 Å². The highest BCUT2D eigenvalue weighted by atomic mass is 19.3. The molecule has 1 heterocycles. The van der Waals surface area contributed by atoms with Gasteiger partial charge in [-0.3, -0.25) is 4.79 Å². The van der Waals surface area contributed by atoms with E-state index < -0.39 is 6.61 Å². The number of benzene rings is 2. The molecule has 0 atom stereocenters. The third-order valence-electron chi connectivity index (χ3n) is 4.31. The fourth-order valence-corrected chi connectivity index (χ4v) is 2.98. The molecular weight excluding hydrogens is 342 g/mol. The van der Waals surface area contributed by atoms with Crippen molar-refractivity contribution in [2.24, 2.45) is 0 Å². The molecule has 7 heteroatoms. The number of carbonyl (C=O) groups is 1. The molecule has 1 aliphatic heterocycles. The molecule has 1 aliphatic rings. The number of halogens is 2. The van der Waals surface area contributed by atoms with E-state index in [0.29, 0.717) is 18.7 Å². The van der Waals surface area contributed by atoms with E-state index in [-0.39, 0.29) is 17.4 Å². The average Bonchev–Trinajstić information content (AvgIpc) is 2.68. The van der Waals surface area contributed by atoms with E-state index in [9.17, 15) is 13.6 Å². The molecule has 138 valence electrons. The van der Waals surface area contributed by atoms with E-state index in [1.165, 1.54) is 25.3 Å². The Balaban J connectivity index is 1.66. The molecule has 0 unspecified atom stereocenters. The van der Waals surface area contributed by atoms with Crippen molar-refractivity contribution in [1.29, 1.82) is 0 Å². The van der Waals surface area contributed by atoms with Crippen LogP contribution in [0.3, 0.4) is 0 Å². The Morgan fingerprint density at radius 2 is 1.69 bits per heavy atom. The second-order valence-electron chi connectivity index (χ2n) is 5.86. The maximum atomic E-state index is 12.7. The van der Waals surface area contributed by atoms with Crippen molar-refractivity contribution in [2.75, 3.05) is 38.2 Å². The van der Waals surface area contributed by atoms with Gasteiger partial charge in [-0.1, -0.05) is 18.2 Å². The zero-order valence-electron chi connectivity index (χ0n) is 14.4. The SMILES string of the molecule is COc1cc(C(=O)N2CCN(c3ccccc3)CC2)ccc1OC(F)F. The first-order chi connectivity index (χ1) is 12.6. The summed E-state index contributed by atoms with van der Waals surface area (Å²) in [6.45, 7) is -0.299. The van der Waals surface area contributed by atoms with Crippen LogP contribution in [-0.2, 0) is 0 Å². The minimum atomic E-state index is -2.95. The van der Waals surface area contributed by atoms with Crippen molar-refractivity contribution >= 4 is 11.6 Å². The Labute approximate surface area is 150 Å². The van der Waals surface area contributed by atoms with Gasteiger partial charge in [0.05, 0.1) is 7.11 Å². The number of carbonyl (C=O) groups excluding carboxylic acids is 1. The molecule has 3 rings (SSSR count). The molecule has 1 amide bonds. The molecule has 2 aromatic carbocycles. The molecule has 5 nitrogen and oxygen atoms in total. The average molecular weight is 362 g/mol. The first-order valence-corrected chi connectivity index (χ1v) is 8.30. The quantitative estimate of drug-likeness (QED) is 0.819. The Morgan fingerprint density at radius 1 is 1.00 bits per heavy atom. The van der Waals surface area contributed by atoms with Crippen LogP contribution < -0.4 is 14.4 Å². The van der Waals surface area contributed by atoms with Gasteiger partial charge in [-0.25, -0.2) is 0 Å². The van der Waals surface area contributed by atoms with E-state index in [4.69, 9.17) is 4.74 Å². The molecule has 0 N–H and O–H groups in total. The summed E-state index contributed by atoms with van der Waals surface area (Å²) in [5, 5.41) is 0. The van der Waals surface area contributed by atoms with Gasteiger partial charge in [-0.05, 0) is 30.3 Å². The lowest BCUT2D eigenvalue weighted by Crippen LogP contribution is -2.48. The van der Waals surface area contributed by atoms with Crippen molar-refractivity contribution in [2.45, 2.75) is 6.61 Å². The summed E-state index contributed by atoms with van der Waals surface area (Å²) in [5.41, 5.74) is 1.52. The number of para-hydroxylation sites is 1. The van der Waals surface area contributed by atoms with E-state index >= 15 is 0 Å². The number of ether oxygens (including phenoxy) is 2. The number of alkyl halides is 2. The van der Waals surface area contributed by atoms with Crippen LogP contribution in [-0.4, -0.2) is 50.7 Å². The van der Waals surface area contributed by atoms with E-state index in [0.717, 1.165) is 18.8 Å². The second kappa shape index (κ2) is 8.03. The number of nitrogens with zero attached hydrogens (tertiary/aromatic N) is 2. The van der Waals surface area contributed by atoms with Gasteiger partial charge in [0, 0.05) is 37.4 Å². The molecular formula is C19H20F2N2O3. The topological polar surface area (TPSA) is 42.0 Å². The molecule has 1 saturated heterocycles. The smallest absolute Gasteiger partial charge is 0.387 e. The number of rotatable bonds is 5. The number of methoxy groups -OCH3 is 1. The standard InChI is InChI=1S/C19H20F2N2O3/c1-25-17-13-14(7-8-16(17)26-19(20)21)18(24)23-11-9-22(10-12-23)15-5-3-2-4-6-15/h2-8,13,19H,9-12H2,1H3. The molecule has 0 aromatic heterocycles. The molecule has 2 aromatic rings. The van der Waals surface area contributed by atoms with Crippen LogP contribution in [0.15, 0.2) is 48.5 Å². The highest BCUT2D eigenvalue weighted by molar-refractivity contribution is 5.95. The zero-order chi connectivity index (χ0) is 18.5. The summed E-state index contributed by atoms with van der Waals surface area (Å²) < 4.78 is 34.3. The normalized spacial score (nSPS) is 14.5. The van der Waals surface area contributed by atoms with Crippen LogP contribution in [0.2, 0.25) is 0 Å². The van der Waals surface area contributed by atoms with Crippen molar-refractivity contribution in [1.82, 2.24) is 4.90 Å². The Kier molecular flexibility index (Phi) is 5.55. The molecule has 0 aliphatic carbocycles. The minimum Gasteiger partial charge on any atom is -0.493 e. The lowest BCUT2D eigenvalue weighted by atomic mass is 10.1. The van der Waals surface area contributed by atoms with E-state index in [1.807, 2.05) is 30.3 Å². The maximum absolute atomic E-state index is 12.7. The summed E-state index contributed by atoms with van der Waals surface area (Å²) >= 11 is 0. The first-order valence-electron chi connectivity index (χ1n) is 8.30. The van der Waals surface area contributed by atoms with Gasteiger partial charge in [0.25, 0.3) is 5.91 Å². The van der Waals surface area contributed by atoms with Crippen LogP contribution in [0.4, 0.5) is 14.5 Å². The summed E-state index contributed by atoms with van der Waals surface area (Å²) in [6.07, 6.45) is 0. The Morgan fingerprint density at radius 3 is 2.31 bits per heavy atom. The summed E-state index contributed by atoms with van der Waals surface area (Å²) in [5.74, 6) is -0.133. The van der Waals surface area contributed by atoms with Crippen LogP contribution >= 0.6 is 0 Å². The van der Waals surface area contributed by atoms with Crippen LogP contribution in [0.25, 0.3) is 0 Å². The van der Waals surface area contributed by atoms with Crippen LogP contribution in [0, 0.1) is 0 Å². The summed E-state index contributed by atoms with van der Waals surface area (Å²) in [6, 6.07) is 14.3. The number of amides is 1. The van der Waals surface area contributed by atoms with Gasteiger partial charge in [0.15, 0.2) is 11.5 Å². The highest BCUT2D eigenvalue weighted by Crippen LogP contribution is 2.30. The van der Waals surface area contributed by atoms with Crippen LogP contribution in [0.1, 0.15) is 10.4 Å². The lowest BCUT2D eigenvalue weighted by Gasteiger charge is -2.36. The van der Waals surface area contributed by atoms with Crippen molar-refractivity contribution < 1.29 is 23.0 Å². The van der Waals surface area contributed by atoms with Gasteiger partial charge >= 0.3 is 6.61 Å². The monoisotopic (exact) mass is 362 g/mol. The van der Waals surface area contributed by atoms with Gasteiger partial charge in [0.1, 0.15) is 0 Å². The number of hydrogen-bond donors (Lipinski definition) is 0. The van der Waals surface area contributed by atoms with Gasteiger partial charge in [0.2, 0.25) is 0 Å². The third-order valence-corrected chi connectivity index (χ3v) is 4.31. The van der Waals surface area contributed by atoms with E-state index in [1.54, 1.807) is 4.90 Å². The zero-order valence-corrected chi connectivity index (χ0v) is 14.4. The Bertz CT molecular complexity index is 748. The fraction of sp³-hybridized carbons (Fsp3) is 0.316. The number of hydrogen-bond acceptors (Lipinski definition) is 4. The fourth-order valence-electron chi connectivity index (χ4n) is 2.98. The third kappa shape index (κ3) is 4.04. The second-order valence-corrected chi connectivity index (χ2v) is 5.86. The first kappa shape index (κ1) is 18.0. The molecule has 0 radical (unpaired) electrons. The van der Waals surface area contributed by atoms with Crippen molar-refractivity contribution in [3.05, 3.63) is 54.1 Å². The van der Waals surface area contributed by atoms with Gasteiger partial charge in [-0.2, -0.15) is 8.78 Å². The Hall–Kier alpha value is -2.83. The summed E-state index contributed by atoms with van der Waals surface area (Å²) in [4.78, 5) is 16.7. The van der Waals surface area contributed by atoms with Crippen molar-refractivity contribution in [3.63, 3.8) is 0 Å². The van der Waals surface area contributed by atoms with E-state index in [2.05, 4.69) is 9.64 Å². The summed E-state index contributed by atoms with van der Waals surface area (Å²) in [7, 11) is 1.35. The maximum Gasteiger partial charge on any atom is 0.387 e.